The number of carbonyl (C=O) groups excluding carboxylic acids is 1. The van der Waals surface area contributed by atoms with Crippen LogP contribution in [0.3, 0.4) is 0 Å². The van der Waals surface area contributed by atoms with Crippen molar-refractivity contribution in [3.8, 4) is 0 Å². The van der Waals surface area contributed by atoms with Gasteiger partial charge in [-0.25, -0.2) is 4.98 Å². The summed E-state index contributed by atoms with van der Waals surface area (Å²) in [5.41, 5.74) is 6.63. The maximum Gasteiger partial charge on any atom is 0.224 e. The number of carbonyl (C=O) groups is 1. The summed E-state index contributed by atoms with van der Waals surface area (Å²) in [5, 5.41) is 2.94. The molecule has 1 saturated heterocycles. The SMILES string of the molecule is C[C@H](CN1CCCCC1)C(=O)NCc1cccnc1N. The van der Waals surface area contributed by atoms with E-state index in [0.29, 0.717) is 12.4 Å². The first-order valence-electron chi connectivity index (χ1n) is 7.36. The van der Waals surface area contributed by atoms with Crippen molar-refractivity contribution in [1.29, 1.82) is 0 Å². The fourth-order valence-corrected chi connectivity index (χ4v) is 2.57. The van der Waals surface area contributed by atoms with E-state index in [0.717, 1.165) is 25.2 Å². The quantitative estimate of drug-likeness (QED) is 0.853. The molecule has 110 valence electrons. The van der Waals surface area contributed by atoms with Crippen LogP contribution in [-0.2, 0) is 11.3 Å². The van der Waals surface area contributed by atoms with Gasteiger partial charge in [0.05, 0.1) is 0 Å². The molecule has 1 aromatic rings. The minimum atomic E-state index is 0.00555. The summed E-state index contributed by atoms with van der Waals surface area (Å²) in [6.07, 6.45) is 5.47. The highest BCUT2D eigenvalue weighted by Gasteiger charge is 2.18. The van der Waals surface area contributed by atoms with Crippen LogP contribution < -0.4 is 11.1 Å². The van der Waals surface area contributed by atoms with Crippen LogP contribution in [0, 0.1) is 5.92 Å². The summed E-state index contributed by atoms with van der Waals surface area (Å²) < 4.78 is 0. The van der Waals surface area contributed by atoms with Gasteiger partial charge in [-0.05, 0) is 32.0 Å². The first-order valence-corrected chi connectivity index (χ1v) is 7.36. The van der Waals surface area contributed by atoms with Gasteiger partial charge in [-0.2, -0.15) is 0 Å². The number of hydrogen-bond donors (Lipinski definition) is 2. The first kappa shape index (κ1) is 14.8. The maximum absolute atomic E-state index is 12.1. The molecule has 5 nitrogen and oxygen atoms in total. The lowest BCUT2D eigenvalue weighted by Gasteiger charge is -2.28. The molecule has 0 unspecified atom stereocenters. The largest absolute Gasteiger partial charge is 0.383 e. The van der Waals surface area contributed by atoms with Crippen molar-refractivity contribution >= 4 is 11.7 Å². The number of rotatable bonds is 5. The Kier molecular flexibility index (Phi) is 5.35. The van der Waals surface area contributed by atoms with Gasteiger partial charge >= 0.3 is 0 Å². The van der Waals surface area contributed by atoms with Gasteiger partial charge in [-0.3, -0.25) is 4.79 Å². The second-order valence-corrected chi connectivity index (χ2v) is 5.53. The molecule has 5 heteroatoms. The van der Waals surface area contributed by atoms with Crippen LogP contribution in [0.25, 0.3) is 0 Å². The van der Waals surface area contributed by atoms with E-state index in [4.69, 9.17) is 5.73 Å². The number of amides is 1. The second kappa shape index (κ2) is 7.24. The summed E-state index contributed by atoms with van der Waals surface area (Å²) in [5.74, 6) is 0.571. The third-order valence-corrected chi connectivity index (χ3v) is 3.81. The highest BCUT2D eigenvalue weighted by Crippen LogP contribution is 2.11. The summed E-state index contributed by atoms with van der Waals surface area (Å²) >= 11 is 0. The van der Waals surface area contributed by atoms with E-state index in [1.807, 2.05) is 19.1 Å². The minimum Gasteiger partial charge on any atom is -0.383 e. The molecule has 1 atom stereocenters. The Hall–Kier alpha value is -1.62. The molecule has 1 aliphatic rings. The molecule has 0 radical (unpaired) electrons. The smallest absolute Gasteiger partial charge is 0.224 e. The van der Waals surface area contributed by atoms with Gasteiger partial charge in [0.2, 0.25) is 5.91 Å². The number of nitrogens with zero attached hydrogens (tertiary/aromatic N) is 2. The number of hydrogen-bond acceptors (Lipinski definition) is 4. The predicted molar refractivity (Wildman–Crippen MR) is 80.0 cm³/mol. The number of likely N-dealkylation sites (tertiary alicyclic amines) is 1. The monoisotopic (exact) mass is 276 g/mol. The second-order valence-electron chi connectivity index (χ2n) is 5.53. The van der Waals surface area contributed by atoms with E-state index >= 15 is 0 Å². The van der Waals surface area contributed by atoms with E-state index in [1.165, 1.54) is 19.3 Å². The molecule has 0 spiro atoms. The average Bonchev–Trinajstić information content (AvgIpc) is 2.47. The number of piperidine rings is 1. The average molecular weight is 276 g/mol. The van der Waals surface area contributed by atoms with Crippen LogP contribution in [0.2, 0.25) is 0 Å². The van der Waals surface area contributed by atoms with Crippen LogP contribution >= 0.6 is 0 Å². The lowest BCUT2D eigenvalue weighted by atomic mass is 10.1. The highest BCUT2D eigenvalue weighted by atomic mass is 16.1. The molecular formula is C15H24N4O. The van der Waals surface area contributed by atoms with Crippen LogP contribution in [0.4, 0.5) is 5.82 Å². The van der Waals surface area contributed by atoms with Crippen LogP contribution in [0.5, 0.6) is 0 Å². The number of pyridine rings is 1. The number of anilines is 1. The van der Waals surface area contributed by atoms with E-state index in [2.05, 4.69) is 15.2 Å². The third kappa shape index (κ3) is 4.20. The number of aromatic nitrogens is 1. The zero-order chi connectivity index (χ0) is 14.4. The van der Waals surface area contributed by atoms with Gasteiger partial charge in [-0.1, -0.05) is 19.4 Å². The van der Waals surface area contributed by atoms with Gasteiger partial charge in [0.1, 0.15) is 5.82 Å². The topological polar surface area (TPSA) is 71.2 Å². The molecule has 0 saturated carbocycles. The Morgan fingerprint density at radius 1 is 1.45 bits per heavy atom. The van der Waals surface area contributed by atoms with Gasteiger partial charge < -0.3 is 16.0 Å². The van der Waals surface area contributed by atoms with Gasteiger partial charge in [-0.15, -0.1) is 0 Å². The van der Waals surface area contributed by atoms with Crippen LogP contribution in [-0.4, -0.2) is 35.4 Å². The van der Waals surface area contributed by atoms with E-state index in [9.17, 15) is 4.79 Å². The molecule has 2 heterocycles. The summed E-state index contributed by atoms with van der Waals surface area (Å²) in [6, 6.07) is 3.72. The van der Waals surface area contributed by atoms with Gasteiger partial charge in [0.25, 0.3) is 0 Å². The van der Waals surface area contributed by atoms with Crippen molar-refractivity contribution in [2.24, 2.45) is 5.92 Å². The van der Waals surface area contributed by atoms with Crippen LogP contribution in [0.1, 0.15) is 31.7 Å². The van der Waals surface area contributed by atoms with Gasteiger partial charge in [0, 0.05) is 30.8 Å². The van der Waals surface area contributed by atoms with Crippen molar-refractivity contribution in [3.63, 3.8) is 0 Å². The Bertz CT molecular complexity index is 443. The van der Waals surface area contributed by atoms with E-state index in [1.54, 1.807) is 6.20 Å². The molecule has 1 amide bonds. The lowest BCUT2D eigenvalue weighted by molar-refractivity contribution is -0.125. The molecule has 0 aliphatic carbocycles. The summed E-state index contributed by atoms with van der Waals surface area (Å²) in [4.78, 5) is 18.5. The maximum atomic E-state index is 12.1. The molecular weight excluding hydrogens is 252 g/mol. The number of nitrogens with two attached hydrogens (primary N) is 1. The fourth-order valence-electron chi connectivity index (χ4n) is 2.57. The molecule has 0 aromatic carbocycles. The Balaban J connectivity index is 1.77. The zero-order valence-electron chi connectivity index (χ0n) is 12.1. The normalized spacial score (nSPS) is 17.6. The Morgan fingerprint density at radius 3 is 2.90 bits per heavy atom. The Morgan fingerprint density at radius 2 is 2.20 bits per heavy atom. The van der Waals surface area contributed by atoms with Crippen molar-refractivity contribution in [3.05, 3.63) is 23.9 Å². The van der Waals surface area contributed by atoms with Crippen molar-refractivity contribution in [2.75, 3.05) is 25.4 Å². The standard InChI is InChI=1S/C15H24N4O/c1-12(11-19-8-3-2-4-9-19)15(20)18-10-13-6-5-7-17-14(13)16/h5-7,12H,2-4,8-11H2,1H3,(H2,16,17)(H,18,20)/t12-/m1/s1. The number of nitrogens with one attached hydrogen (secondary N) is 1. The molecule has 2 rings (SSSR count). The van der Waals surface area contributed by atoms with Gasteiger partial charge in [0.15, 0.2) is 0 Å². The highest BCUT2D eigenvalue weighted by molar-refractivity contribution is 5.78. The number of nitrogen functional groups attached to an aromatic ring is 1. The minimum absolute atomic E-state index is 0.00555. The fraction of sp³-hybridized carbons (Fsp3) is 0.600. The Labute approximate surface area is 120 Å². The third-order valence-electron chi connectivity index (χ3n) is 3.81. The summed E-state index contributed by atoms with van der Waals surface area (Å²) in [6.45, 7) is 5.51. The first-order chi connectivity index (χ1) is 9.66. The van der Waals surface area contributed by atoms with Crippen molar-refractivity contribution in [2.45, 2.75) is 32.7 Å². The molecule has 20 heavy (non-hydrogen) atoms. The molecule has 3 N–H and O–H groups in total. The summed E-state index contributed by atoms with van der Waals surface area (Å²) in [7, 11) is 0. The molecule has 1 aliphatic heterocycles. The zero-order valence-corrected chi connectivity index (χ0v) is 12.1. The molecule has 1 fully saturated rings. The van der Waals surface area contributed by atoms with Crippen molar-refractivity contribution < 1.29 is 4.79 Å². The van der Waals surface area contributed by atoms with E-state index in [-0.39, 0.29) is 11.8 Å². The lowest BCUT2D eigenvalue weighted by Crippen LogP contribution is -2.39. The predicted octanol–water partition coefficient (Wildman–Crippen LogP) is 1.40. The van der Waals surface area contributed by atoms with Crippen LogP contribution in [0.15, 0.2) is 18.3 Å². The molecule has 0 bridgehead atoms. The van der Waals surface area contributed by atoms with Crippen molar-refractivity contribution in [1.82, 2.24) is 15.2 Å². The molecule has 1 aromatic heterocycles. The van der Waals surface area contributed by atoms with E-state index < -0.39 is 0 Å².